The van der Waals surface area contributed by atoms with Gasteiger partial charge in [-0.1, -0.05) is 11.8 Å². The number of nitrogens with zero attached hydrogens (tertiary/aromatic N) is 1. The standard InChI is InChI=1S/C10H6BrNO3S/c11-6-5-12-4-3-8(6)16-9-2-1-7(15-9)10(13)14/h1-5H,(H,13,14). The van der Waals surface area contributed by atoms with E-state index in [2.05, 4.69) is 20.9 Å². The molecule has 1 N–H and O–H groups in total. The SMILES string of the molecule is O=C(O)c1ccc(Sc2ccncc2Br)o1. The molecule has 0 saturated carbocycles. The smallest absolute Gasteiger partial charge is 0.371 e. The number of carboxylic acids is 1. The molecule has 2 heterocycles. The van der Waals surface area contributed by atoms with Gasteiger partial charge < -0.3 is 9.52 Å². The first-order chi connectivity index (χ1) is 7.66. The molecule has 0 atom stereocenters. The number of aromatic nitrogens is 1. The maximum absolute atomic E-state index is 10.6. The molecular weight excluding hydrogens is 294 g/mol. The number of rotatable bonds is 3. The molecule has 0 aliphatic carbocycles. The van der Waals surface area contributed by atoms with Gasteiger partial charge in [0, 0.05) is 21.8 Å². The highest BCUT2D eigenvalue weighted by atomic mass is 79.9. The molecule has 82 valence electrons. The van der Waals surface area contributed by atoms with E-state index >= 15 is 0 Å². The average Bonchev–Trinajstić information content (AvgIpc) is 2.70. The molecule has 0 spiro atoms. The minimum atomic E-state index is -1.07. The second-order valence-corrected chi connectivity index (χ2v) is 4.73. The second kappa shape index (κ2) is 4.71. The molecule has 0 unspecified atom stereocenters. The first-order valence-corrected chi connectivity index (χ1v) is 5.88. The first kappa shape index (κ1) is 11.2. The Hall–Kier alpha value is -1.27. The lowest BCUT2D eigenvalue weighted by Crippen LogP contribution is -1.91. The Morgan fingerprint density at radius 2 is 2.25 bits per heavy atom. The van der Waals surface area contributed by atoms with Crippen molar-refractivity contribution in [2.24, 2.45) is 0 Å². The third kappa shape index (κ3) is 2.45. The summed E-state index contributed by atoms with van der Waals surface area (Å²) in [5, 5.41) is 9.23. The van der Waals surface area contributed by atoms with Crippen LogP contribution in [0.1, 0.15) is 10.6 Å². The monoisotopic (exact) mass is 299 g/mol. The van der Waals surface area contributed by atoms with Crippen LogP contribution in [-0.4, -0.2) is 16.1 Å². The Morgan fingerprint density at radius 1 is 1.44 bits per heavy atom. The Balaban J connectivity index is 2.21. The highest BCUT2D eigenvalue weighted by Gasteiger charge is 2.10. The van der Waals surface area contributed by atoms with Crippen LogP contribution < -0.4 is 0 Å². The number of furan rings is 1. The van der Waals surface area contributed by atoms with Crippen molar-refractivity contribution in [2.75, 3.05) is 0 Å². The lowest BCUT2D eigenvalue weighted by molar-refractivity contribution is 0.0656. The summed E-state index contributed by atoms with van der Waals surface area (Å²) < 4.78 is 5.97. The number of carbonyl (C=O) groups is 1. The number of aromatic carboxylic acids is 1. The van der Waals surface area contributed by atoms with Gasteiger partial charge >= 0.3 is 5.97 Å². The highest BCUT2D eigenvalue weighted by molar-refractivity contribution is 9.10. The van der Waals surface area contributed by atoms with Gasteiger partial charge in [0.15, 0.2) is 5.09 Å². The maximum atomic E-state index is 10.6. The maximum Gasteiger partial charge on any atom is 0.371 e. The summed E-state index contributed by atoms with van der Waals surface area (Å²) in [6.07, 6.45) is 3.33. The fourth-order valence-corrected chi connectivity index (χ4v) is 2.30. The Kier molecular flexibility index (Phi) is 3.31. The summed E-state index contributed by atoms with van der Waals surface area (Å²) in [5.41, 5.74) is 0. The van der Waals surface area contributed by atoms with Crippen molar-refractivity contribution in [2.45, 2.75) is 9.99 Å². The van der Waals surface area contributed by atoms with Crippen molar-refractivity contribution >= 4 is 33.7 Å². The minimum Gasteiger partial charge on any atom is -0.475 e. The number of pyridine rings is 1. The van der Waals surface area contributed by atoms with E-state index in [1.165, 1.54) is 17.8 Å². The van der Waals surface area contributed by atoms with Crippen LogP contribution in [0.15, 0.2) is 49.5 Å². The molecule has 2 aromatic heterocycles. The highest BCUT2D eigenvalue weighted by Crippen LogP contribution is 2.33. The summed E-state index contributed by atoms with van der Waals surface area (Å²) in [6.45, 7) is 0. The normalized spacial score (nSPS) is 10.3. The van der Waals surface area contributed by atoms with E-state index in [-0.39, 0.29) is 5.76 Å². The number of hydrogen-bond donors (Lipinski definition) is 1. The Morgan fingerprint density at radius 3 is 2.88 bits per heavy atom. The summed E-state index contributed by atoms with van der Waals surface area (Å²) >= 11 is 4.68. The zero-order chi connectivity index (χ0) is 11.5. The fourth-order valence-electron chi connectivity index (χ4n) is 1.04. The van der Waals surface area contributed by atoms with E-state index in [0.717, 1.165) is 9.37 Å². The van der Waals surface area contributed by atoms with Crippen LogP contribution in [-0.2, 0) is 0 Å². The van der Waals surface area contributed by atoms with E-state index in [9.17, 15) is 4.79 Å². The Labute approximate surface area is 104 Å². The Bertz CT molecular complexity index is 526. The van der Waals surface area contributed by atoms with Crippen LogP contribution in [0.2, 0.25) is 0 Å². The summed E-state index contributed by atoms with van der Waals surface area (Å²) in [4.78, 5) is 15.5. The minimum absolute atomic E-state index is 0.0623. The molecular formula is C10H6BrNO3S. The van der Waals surface area contributed by atoms with Crippen molar-refractivity contribution < 1.29 is 14.3 Å². The van der Waals surface area contributed by atoms with Crippen molar-refractivity contribution in [3.8, 4) is 0 Å². The molecule has 16 heavy (non-hydrogen) atoms. The van der Waals surface area contributed by atoms with Crippen LogP contribution in [0.4, 0.5) is 0 Å². The van der Waals surface area contributed by atoms with Crippen molar-refractivity contribution in [1.82, 2.24) is 4.98 Å². The third-order valence-corrected chi connectivity index (χ3v) is 3.63. The molecule has 0 saturated heterocycles. The number of halogens is 1. The van der Waals surface area contributed by atoms with Crippen LogP contribution in [0.5, 0.6) is 0 Å². The molecule has 6 heteroatoms. The van der Waals surface area contributed by atoms with Gasteiger partial charge in [-0.3, -0.25) is 4.98 Å². The van der Waals surface area contributed by atoms with Crippen LogP contribution in [0, 0.1) is 0 Å². The van der Waals surface area contributed by atoms with Crippen LogP contribution in [0.25, 0.3) is 0 Å². The molecule has 2 aromatic rings. The molecule has 0 aromatic carbocycles. The van der Waals surface area contributed by atoms with Gasteiger partial charge in [0.2, 0.25) is 5.76 Å². The molecule has 0 radical (unpaired) electrons. The van der Waals surface area contributed by atoms with E-state index in [1.807, 2.05) is 6.07 Å². The summed E-state index contributed by atoms with van der Waals surface area (Å²) in [6, 6.07) is 4.87. The van der Waals surface area contributed by atoms with E-state index in [1.54, 1.807) is 18.5 Å². The molecule has 4 nitrogen and oxygen atoms in total. The quantitative estimate of drug-likeness (QED) is 0.942. The zero-order valence-electron chi connectivity index (χ0n) is 7.88. The molecule has 0 aliphatic heterocycles. The largest absolute Gasteiger partial charge is 0.475 e. The van der Waals surface area contributed by atoms with Gasteiger partial charge in [-0.25, -0.2) is 4.79 Å². The molecule has 2 rings (SSSR count). The zero-order valence-corrected chi connectivity index (χ0v) is 10.3. The van der Waals surface area contributed by atoms with Crippen LogP contribution in [0.3, 0.4) is 0 Å². The predicted octanol–water partition coefficient (Wildman–Crippen LogP) is 3.29. The number of hydrogen-bond acceptors (Lipinski definition) is 4. The van der Waals surface area contributed by atoms with Gasteiger partial charge in [-0.15, -0.1) is 0 Å². The second-order valence-electron chi connectivity index (χ2n) is 2.83. The lowest BCUT2D eigenvalue weighted by atomic mass is 10.5. The van der Waals surface area contributed by atoms with Gasteiger partial charge in [0.1, 0.15) is 0 Å². The van der Waals surface area contributed by atoms with Gasteiger partial charge in [-0.05, 0) is 34.1 Å². The van der Waals surface area contributed by atoms with Gasteiger partial charge in [0.25, 0.3) is 0 Å². The van der Waals surface area contributed by atoms with Crippen LogP contribution >= 0.6 is 27.7 Å². The molecule has 0 fully saturated rings. The lowest BCUT2D eigenvalue weighted by Gasteiger charge is -1.99. The average molecular weight is 300 g/mol. The third-order valence-electron chi connectivity index (χ3n) is 1.74. The van der Waals surface area contributed by atoms with E-state index in [4.69, 9.17) is 9.52 Å². The fraction of sp³-hybridized carbons (Fsp3) is 0. The van der Waals surface area contributed by atoms with Crippen molar-refractivity contribution in [1.29, 1.82) is 0 Å². The van der Waals surface area contributed by atoms with Gasteiger partial charge in [0.05, 0.1) is 0 Å². The van der Waals surface area contributed by atoms with Crippen molar-refractivity contribution in [3.05, 3.63) is 40.8 Å². The summed E-state index contributed by atoms with van der Waals surface area (Å²) in [7, 11) is 0. The van der Waals surface area contributed by atoms with E-state index < -0.39 is 5.97 Å². The number of carboxylic acid groups (broad SMARTS) is 1. The summed E-state index contributed by atoms with van der Waals surface area (Å²) in [5.74, 6) is -1.13. The molecule has 0 bridgehead atoms. The molecule has 0 aliphatic rings. The predicted molar refractivity (Wildman–Crippen MR) is 61.7 cm³/mol. The van der Waals surface area contributed by atoms with Crippen molar-refractivity contribution in [3.63, 3.8) is 0 Å². The topological polar surface area (TPSA) is 63.3 Å². The van der Waals surface area contributed by atoms with Gasteiger partial charge in [-0.2, -0.15) is 0 Å². The molecule has 0 amide bonds. The first-order valence-electron chi connectivity index (χ1n) is 4.27. The van der Waals surface area contributed by atoms with E-state index in [0.29, 0.717) is 5.09 Å².